The highest BCUT2D eigenvalue weighted by Gasteiger charge is 1.95. The van der Waals surface area contributed by atoms with E-state index in [1.807, 2.05) is 19.1 Å². The molecule has 0 radical (unpaired) electrons. The lowest BCUT2D eigenvalue weighted by Gasteiger charge is -2.06. The Morgan fingerprint density at radius 1 is 1.50 bits per heavy atom. The van der Waals surface area contributed by atoms with Crippen molar-refractivity contribution in [2.75, 3.05) is 0 Å². The fourth-order valence-corrected chi connectivity index (χ4v) is 1.27. The Hall–Kier alpha value is -1.83. The van der Waals surface area contributed by atoms with Crippen molar-refractivity contribution in [3.05, 3.63) is 60.0 Å². The predicted octanol–water partition coefficient (Wildman–Crippen LogP) is 3.63. The molecule has 0 N–H and O–H groups in total. The normalized spacial score (nSPS) is 11.8. The summed E-state index contributed by atoms with van der Waals surface area (Å²) in [4.78, 5) is 3.99. The van der Waals surface area contributed by atoms with Crippen molar-refractivity contribution >= 4 is 6.21 Å². The third-order valence-corrected chi connectivity index (χ3v) is 2.04. The van der Waals surface area contributed by atoms with Crippen LogP contribution in [-0.2, 0) is 11.3 Å². The number of allylic oxidation sites excluding steroid dienone is 1. The number of rotatable bonds is 5. The summed E-state index contributed by atoms with van der Waals surface area (Å²) in [5.74, 6) is 0.680. The van der Waals surface area contributed by atoms with Crippen LogP contribution in [0.4, 0.5) is 0 Å². The van der Waals surface area contributed by atoms with Crippen LogP contribution in [0.15, 0.2) is 53.9 Å². The second kappa shape index (κ2) is 6.62. The van der Waals surface area contributed by atoms with Crippen molar-refractivity contribution in [1.29, 1.82) is 0 Å². The van der Waals surface area contributed by atoms with Gasteiger partial charge in [-0.25, -0.2) is 0 Å². The Morgan fingerprint density at radius 3 is 2.94 bits per heavy atom. The first kappa shape index (κ1) is 12.2. The van der Waals surface area contributed by atoms with E-state index in [1.54, 1.807) is 18.5 Å². The molecule has 0 spiro atoms. The molecular weight excluding hydrogens is 198 g/mol. The first-order valence-electron chi connectivity index (χ1n) is 5.25. The van der Waals surface area contributed by atoms with Gasteiger partial charge in [-0.15, -0.1) is 0 Å². The molecule has 0 fully saturated rings. The van der Waals surface area contributed by atoms with Crippen LogP contribution in [0.1, 0.15) is 18.1 Å². The number of hydrogen-bond acceptors (Lipinski definition) is 2. The van der Waals surface area contributed by atoms with Crippen molar-refractivity contribution in [3.63, 3.8) is 0 Å². The van der Waals surface area contributed by atoms with Crippen LogP contribution in [0.5, 0.6) is 0 Å². The van der Waals surface area contributed by atoms with Gasteiger partial charge >= 0.3 is 0 Å². The maximum atomic E-state index is 5.56. The van der Waals surface area contributed by atoms with Gasteiger partial charge in [0.2, 0.25) is 0 Å². The number of aryl methyl sites for hydroxylation is 1. The van der Waals surface area contributed by atoms with Gasteiger partial charge in [0.05, 0.1) is 6.20 Å². The zero-order valence-electron chi connectivity index (χ0n) is 9.81. The Labute approximate surface area is 97.0 Å². The highest BCUT2D eigenvalue weighted by molar-refractivity contribution is 5.54. The third kappa shape index (κ3) is 4.13. The van der Waals surface area contributed by atoms with E-state index in [2.05, 4.69) is 30.6 Å². The van der Waals surface area contributed by atoms with Gasteiger partial charge < -0.3 is 4.74 Å². The standard InChI is InChI=1S/C14H17NO/c1-4-14(10-15-5-2)16-11-13-8-6-7-12(3)9-13/h4-10H,1,11H2,2-3H3/b14-10+,15-5?. The SMILES string of the molecule is C=C/C(=C\N=CC)OCc1cccc(C)c1. The predicted molar refractivity (Wildman–Crippen MR) is 68.4 cm³/mol. The number of hydrogen-bond donors (Lipinski definition) is 0. The van der Waals surface area contributed by atoms with Gasteiger partial charge in [0.15, 0.2) is 0 Å². The van der Waals surface area contributed by atoms with Crippen LogP contribution in [0.3, 0.4) is 0 Å². The average Bonchev–Trinajstić information content (AvgIpc) is 2.29. The van der Waals surface area contributed by atoms with Gasteiger partial charge in [-0.05, 0) is 25.5 Å². The molecule has 0 aliphatic carbocycles. The Kier molecular flexibility index (Phi) is 5.06. The molecule has 0 unspecified atom stereocenters. The molecule has 0 bridgehead atoms. The van der Waals surface area contributed by atoms with E-state index in [1.165, 1.54) is 5.56 Å². The molecule has 0 saturated heterocycles. The van der Waals surface area contributed by atoms with Gasteiger partial charge in [0.25, 0.3) is 0 Å². The van der Waals surface area contributed by atoms with Crippen LogP contribution in [0.25, 0.3) is 0 Å². The second-order valence-corrected chi connectivity index (χ2v) is 3.42. The minimum absolute atomic E-state index is 0.540. The van der Waals surface area contributed by atoms with Crippen molar-refractivity contribution in [2.24, 2.45) is 4.99 Å². The van der Waals surface area contributed by atoms with Crippen LogP contribution in [0, 0.1) is 6.92 Å². The van der Waals surface area contributed by atoms with E-state index in [0.717, 1.165) is 5.56 Å². The van der Waals surface area contributed by atoms with Crippen molar-refractivity contribution in [2.45, 2.75) is 20.5 Å². The molecule has 0 aliphatic rings. The van der Waals surface area contributed by atoms with E-state index < -0.39 is 0 Å². The number of ether oxygens (including phenoxy) is 1. The summed E-state index contributed by atoms with van der Waals surface area (Å²) in [6, 6.07) is 8.23. The molecule has 1 aromatic rings. The summed E-state index contributed by atoms with van der Waals surface area (Å²) in [6.07, 6.45) is 5.02. The summed E-state index contributed by atoms with van der Waals surface area (Å²) in [7, 11) is 0. The Balaban J connectivity index is 2.59. The molecule has 84 valence electrons. The zero-order chi connectivity index (χ0) is 11.8. The monoisotopic (exact) mass is 215 g/mol. The van der Waals surface area contributed by atoms with Gasteiger partial charge in [-0.1, -0.05) is 36.4 Å². The van der Waals surface area contributed by atoms with Crippen LogP contribution in [-0.4, -0.2) is 6.21 Å². The zero-order valence-corrected chi connectivity index (χ0v) is 9.81. The summed E-state index contributed by atoms with van der Waals surface area (Å²) >= 11 is 0. The largest absolute Gasteiger partial charge is 0.487 e. The summed E-state index contributed by atoms with van der Waals surface area (Å²) in [5.41, 5.74) is 2.38. The lowest BCUT2D eigenvalue weighted by atomic mass is 10.1. The molecule has 0 heterocycles. The molecule has 0 saturated carbocycles. The highest BCUT2D eigenvalue weighted by atomic mass is 16.5. The maximum Gasteiger partial charge on any atom is 0.137 e. The van der Waals surface area contributed by atoms with E-state index in [9.17, 15) is 0 Å². The van der Waals surface area contributed by atoms with Crippen molar-refractivity contribution in [1.82, 2.24) is 0 Å². The average molecular weight is 215 g/mol. The van der Waals surface area contributed by atoms with Crippen LogP contribution in [0.2, 0.25) is 0 Å². The van der Waals surface area contributed by atoms with Gasteiger partial charge in [0, 0.05) is 6.21 Å². The molecular formula is C14H17NO. The van der Waals surface area contributed by atoms with E-state index >= 15 is 0 Å². The molecule has 2 heteroatoms. The minimum Gasteiger partial charge on any atom is -0.487 e. The Bertz CT molecular complexity index is 405. The Morgan fingerprint density at radius 2 is 2.31 bits per heavy atom. The van der Waals surface area contributed by atoms with Crippen molar-refractivity contribution in [3.8, 4) is 0 Å². The summed E-state index contributed by atoms with van der Waals surface area (Å²) < 4.78 is 5.56. The summed E-state index contributed by atoms with van der Waals surface area (Å²) in [5, 5.41) is 0. The lowest BCUT2D eigenvalue weighted by molar-refractivity contribution is 0.210. The van der Waals surface area contributed by atoms with Crippen LogP contribution >= 0.6 is 0 Å². The minimum atomic E-state index is 0.540. The molecule has 1 aromatic carbocycles. The van der Waals surface area contributed by atoms with Crippen molar-refractivity contribution < 1.29 is 4.74 Å². The first-order chi connectivity index (χ1) is 7.76. The fraction of sp³-hybridized carbons (Fsp3) is 0.214. The summed E-state index contributed by atoms with van der Waals surface area (Å²) in [6.45, 7) is 8.14. The second-order valence-electron chi connectivity index (χ2n) is 3.42. The molecule has 0 aliphatic heterocycles. The molecule has 0 atom stereocenters. The number of nitrogens with zero attached hydrogens (tertiary/aromatic N) is 1. The number of benzene rings is 1. The molecule has 16 heavy (non-hydrogen) atoms. The van der Waals surface area contributed by atoms with Gasteiger partial charge in [-0.3, -0.25) is 4.99 Å². The van der Waals surface area contributed by atoms with E-state index in [0.29, 0.717) is 12.4 Å². The van der Waals surface area contributed by atoms with Gasteiger partial charge in [-0.2, -0.15) is 0 Å². The maximum absolute atomic E-state index is 5.56. The molecule has 1 rings (SSSR count). The lowest BCUT2D eigenvalue weighted by Crippen LogP contribution is -1.91. The molecule has 0 aromatic heterocycles. The van der Waals surface area contributed by atoms with Crippen LogP contribution < -0.4 is 0 Å². The van der Waals surface area contributed by atoms with E-state index in [4.69, 9.17) is 4.74 Å². The quantitative estimate of drug-likeness (QED) is 0.417. The third-order valence-electron chi connectivity index (χ3n) is 2.04. The molecule has 0 amide bonds. The fourth-order valence-electron chi connectivity index (χ4n) is 1.27. The van der Waals surface area contributed by atoms with E-state index in [-0.39, 0.29) is 0 Å². The topological polar surface area (TPSA) is 21.6 Å². The smallest absolute Gasteiger partial charge is 0.137 e. The van der Waals surface area contributed by atoms with Gasteiger partial charge in [0.1, 0.15) is 12.4 Å². The number of aliphatic imine (C=N–C) groups is 1. The first-order valence-corrected chi connectivity index (χ1v) is 5.25. The molecule has 2 nitrogen and oxygen atoms in total. The highest BCUT2D eigenvalue weighted by Crippen LogP contribution is 2.09.